The second kappa shape index (κ2) is 3.84. The van der Waals surface area contributed by atoms with Crippen LogP contribution in [-0.4, -0.2) is 10.8 Å². The van der Waals surface area contributed by atoms with Crippen molar-refractivity contribution in [1.29, 1.82) is 0 Å². The molecule has 0 fully saturated rings. The molecule has 0 amide bonds. The van der Waals surface area contributed by atoms with Crippen LogP contribution < -0.4 is 0 Å². The third-order valence-electron chi connectivity index (χ3n) is 3.58. The van der Waals surface area contributed by atoms with Gasteiger partial charge in [0.25, 0.3) is 0 Å². The zero-order valence-corrected chi connectivity index (χ0v) is 10.8. The van der Waals surface area contributed by atoms with E-state index in [1.807, 2.05) is 12.3 Å². The number of aromatic nitrogens is 1. The van der Waals surface area contributed by atoms with Gasteiger partial charge >= 0.3 is 0 Å². The summed E-state index contributed by atoms with van der Waals surface area (Å²) in [6, 6.07) is 8.40. The maximum absolute atomic E-state index is 11.8. The molecule has 1 aromatic carbocycles. The molecule has 1 aliphatic carbocycles. The quantitative estimate of drug-likeness (QED) is 0.803. The van der Waals surface area contributed by atoms with Gasteiger partial charge < -0.3 is 4.98 Å². The number of ketones is 1. The molecule has 2 aromatic rings. The summed E-state index contributed by atoms with van der Waals surface area (Å²) in [6.07, 6.45) is 5.38. The van der Waals surface area contributed by atoms with Crippen LogP contribution in [0.25, 0.3) is 16.5 Å². The third-order valence-corrected chi connectivity index (χ3v) is 3.58. The minimum Gasteiger partial charge on any atom is -0.361 e. The molecule has 2 nitrogen and oxygen atoms in total. The van der Waals surface area contributed by atoms with Gasteiger partial charge in [0.1, 0.15) is 0 Å². The van der Waals surface area contributed by atoms with Crippen LogP contribution in [0.1, 0.15) is 32.3 Å². The van der Waals surface area contributed by atoms with E-state index in [1.54, 1.807) is 0 Å². The van der Waals surface area contributed by atoms with Crippen LogP contribution in [-0.2, 0) is 4.79 Å². The number of fused-ring (bicyclic) bond motifs is 1. The molecular weight excluding hydrogens is 222 g/mol. The van der Waals surface area contributed by atoms with Crippen molar-refractivity contribution in [3.63, 3.8) is 0 Å². The van der Waals surface area contributed by atoms with Crippen molar-refractivity contribution in [1.82, 2.24) is 4.98 Å². The van der Waals surface area contributed by atoms with E-state index in [-0.39, 0.29) is 11.2 Å². The summed E-state index contributed by atoms with van der Waals surface area (Å²) in [5.41, 5.74) is 3.55. The molecule has 0 bridgehead atoms. The maximum Gasteiger partial charge on any atom is 0.156 e. The fourth-order valence-electron chi connectivity index (χ4n) is 2.78. The van der Waals surface area contributed by atoms with E-state index in [2.05, 4.69) is 43.1 Å². The largest absolute Gasteiger partial charge is 0.361 e. The number of carbonyl (C=O) groups excluding carboxylic acids is 1. The molecule has 18 heavy (non-hydrogen) atoms. The monoisotopic (exact) mass is 239 g/mol. The third kappa shape index (κ3) is 1.99. The van der Waals surface area contributed by atoms with Gasteiger partial charge in [0.15, 0.2) is 5.78 Å². The van der Waals surface area contributed by atoms with Crippen LogP contribution in [0.4, 0.5) is 0 Å². The zero-order chi connectivity index (χ0) is 12.8. The highest BCUT2D eigenvalue weighted by molar-refractivity contribution is 6.00. The Balaban J connectivity index is 2.05. The van der Waals surface area contributed by atoms with Gasteiger partial charge in [0, 0.05) is 18.1 Å². The highest BCUT2D eigenvalue weighted by Crippen LogP contribution is 2.38. The summed E-state index contributed by atoms with van der Waals surface area (Å²) in [5.74, 6) is 0.246. The molecule has 0 atom stereocenters. The number of aromatic amines is 1. The van der Waals surface area contributed by atoms with E-state index in [1.165, 1.54) is 16.5 Å². The average Bonchev–Trinajstić information content (AvgIpc) is 2.72. The van der Waals surface area contributed by atoms with Gasteiger partial charge in [0.05, 0.1) is 0 Å². The Kier molecular flexibility index (Phi) is 2.40. The number of hydrogen-bond donors (Lipinski definition) is 1. The van der Waals surface area contributed by atoms with Crippen LogP contribution >= 0.6 is 0 Å². The van der Waals surface area contributed by atoms with Crippen LogP contribution in [0, 0.1) is 5.41 Å². The minimum absolute atomic E-state index is 0.0776. The van der Waals surface area contributed by atoms with Crippen molar-refractivity contribution < 1.29 is 4.79 Å². The van der Waals surface area contributed by atoms with E-state index < -0.39 is 0 Å². The Labute approximate surface area is 107 Å². The van der Waals surface area contributed by atoms with Gasteiger partial charge in [-0.05, 0) is 52.6 Å². The van der Waals surface area contributed by atoms with Crippen LogP contribution in [0.15, 0.2) is 36.5 Å². The Hall–Kier alpha value is -1.83. The van der Waals surface area contributed by atoms with E-state index in [0.29, 0.717) is 6.42 Å². The number of benzene rings is 1. The maximum atomic E-state index is 11.8. The standard InChI is InChI=1S/C16H17NO/c1-16(2)9-13(8-14(18)10-16)11-3-4-15-12(7-11)5-6-17-15/h3-8,17H,9-10H2,1-2H3. The summed E-state index contributed by atoms with van der Waals surface area (Å²) >= 11 is 0. The number of rotatable bonds is 1. The Morgan fingerprint density at radius 3 is 2.78 bits per heavy atom. The van der Waals surface area contributed by atoms with Gasteiger partial charge in [-0.15, -0.1) is 0 Å². The summed E-state index contributed by atoms with van der Waals surface area (Å²) in [4.78, 5) is 15.0. The molecule has 0 unspecified atom stereocenters. The van der Waals surface area contributed by atoms with Crippen molar-refractivity contribution in [3.05, 3.63) is 42.1 Å². The minimum atomic E-state index is 0.0776. The van der Waals surface area contributed by atoms with Crippen molar-refractivity contribution in [2.75, 3.05) is 0 Å². The van der Waals surface area contributed by atoms with Crippen molar-refractivity contribution in [2.45, 2.75) is 26.7 Å². The van der Waals surface area contributed by atoms with Gasteiger partial charge in [-0.1, -0.05) is 19.9 Å². The molecule has 0 saturated heterocycles. The predicted octanol–water partition coefficient (Wildman–Crippen LogP) is 3.94. The second-order valence-corrected chi connectivity index (χ2v) is 5.93. The number of H-pyrrole nitrogens is 1. The summed E-state index contributed by atoms with van der Waals surface area (Å²) in [7, 11) is 0. The lowest BCUT2D eigenvalue weighted by atomic mass is 9.75. The number of carbonyl (C=O) groups is 1. The van der Waals surface area contributed by atoms with Crippen molar-refractivity contribution in [3.8, 4) is 0 Å². The molecule has 1 N–H and O–H groups in total. The van der Waals surface area contributed by atoms with Gasteiger partial charge in [-0.3, -0.25) is 4.79 Å². The molecule has 1 aliphatic rings. The van der Waals surface area contributed by atoms with E-state index >= 15 is 0 Å². The summed E-state index contributed by atoms with van der Waals surface area (Å²) in [6.45, 7) is 4.32. The topological polar surface area (TPSA) is 32.9 Å². The van der Waals surface area contributed by atoms with E-state index in [9.17, 15) is 4.79 Å². The lowest BCUT2D eigenvalue weighted by Gasteiger charge is -2.29. The first-order chi connectivity index (χ1) is 8.53. The van der Waals surface area contributed by atoms with Crippen LogP contribution in [0.3, 0.4) is 0 Å². The molecular formula is C16H17NO. The Bertz CT molecular complexity index is 646. The molecule has 1 heterocycles. The summed E-state index contributed by atoms with van der Waals surface area (Å²) in [5, 5.41) is 1.20. The number of nitrogens with one attached hydrogen (secondary N) is 1. The molecule has 0 radical (unpaired) electrons. The fourth-order valence-corrected chi connectivity index (χ4v) is 2.78. The highest BCUT2D eigenvalue weighted by Gasteiger charge is 2.27. The molecule has 0 saturated carbocycles. The smallest absolute Gasteiger partial charge is 0.156 e. The Morgan fingerprint density at radius 2 is 2.00 bits per heavy atom. The first kappa shape index (κ1) is 11.3. The average molecular weight is 239 g/mol. The normalized spacial score (nSPS) is 19.0. The number of allylic oxidation sites excluding steroid dienone is 2. The first-order valence-electron chi connectivity index (χ1n) is 6.34. The highest BCUT2D eigenvalue weighted by atomic mass is 16.1. The lowest BCUT2D eigenvalue weighted by molar-refractivity contribution is -0.116. The van der Waals surface area contributed by atoms with E-state index in [4.69, 9.17) is 0 Å². The second-order valence-electron chi connectivity index (χ2n) is 5.93. The molecule has 0 spiro atoms. The van der Waals surface area contributed by atoms with Crippen molar-refractivity contribution >= 4 is 22.3 Å². The first-order valence-corrected chi connectivity index (χ1v) is 6.34. The molecule has 92 valence electrons. The van der Waals surface area contributed by atoms with Crippen LogP contribution in [0.2, 0.25) is 0 Å². The van der Waals surface area contributed by atoms with Crippen LogP contribution in [0.5, 0.6) is 0 Å². The zero-order valence-electron chi connectivity index (χ0n) is 10.8. The van der Waals surface area contributed by atoms with Gasteiger partial charge in [-0.2, -0.15) is 0 Å². The predicted molar refractivity (Wildman–Crippen MR) is 74.3 cm³/mol. The summed E-state index contributed by atoms with van der Waals surface area (Å²) < 4.78 is 0. The lowest BCUT2D eigenvalue weighted by Crippen LogP contribution is -2.21. The van der Waals surface area contributed by atoms with Crippen molar-refractivity contribution in [2.24, 2.45) is 5.41 Å². The molecule has 0 aliphatic heterocycles. The SMILES string of the molecule is CC1(C)CC(=O)C=C(c2ccc3[nH]ccc3c2)C1. The molecule has 3 rings (SSSR count). The van der Waals surface area contributed by atoms with Gasteiger partial charge in [0.2, 0.25) is 0 Å². The molecule has 2 heteroatoms. The van der Waals surface area contributed by atoms with Gasteiger partial charge in [-0.25, -0.2) is 0 Å². The fraction of sp³-hybridized carbons (Fsp3) is 0.312. The molecule has 1 aromatic heterocycles. The Morgan fingerprint density at radius 1 is 1.17 bits per heavy atom. The number of hydrogen-bond acceptors (Lipinski definition) is 1. The van der Waals surface area contributed by atoms with E-state index in [0.717, 1.165) is 11.9 Å².